The topological polar surface area (TPSA) is 78.0 Å². The van der Waals surface area contributed by atoms with E-state index < -0.39 is 0 Å². The van der Waals surface area contributed by atoms with Crippen LogP contribution in [0.5, 0.6) is 0 Å². The number of fused-ring (bicyclic) bond motifs is 1. The van der Waals surface area contributed by atoms with E-state index in [1.807, 2.05) is 7.05 Å². The standard InChI is InChI=1S/C23H37N5O2/c1-24-22(29)17-28-14-11-19(12-15-28)27-23(25-2)26-13-6-16-30-21-10-5-8-18-7-3-4-9-20(18)21/h3-4,7,9,19,21H,5-6,8,10-17H2,1-2H3,(H,24,29)(H2,25,26,27). The molecular formula is C23H37N5O2. The summed E-state index contributed by atoms with van der Waals surface area (Å²) in [6, 6.07) is 9.07. The Kier molecular flexibility index (Phi) is 8.96. The zero-order chi connectivity index (χ0) is 21.2. The number of hydrogen-bond donors (Lipinski definition) is 3. The fraction of sp³-hybridized carbons (Fsp3) is 0.652. The summed E-state index contributed by atoms with van der Waals surface area (Å²) in [5.41, 5.74) is 2.81. The number of ether oxygens (including phenoxy) is 1. The molecule has 1 atom stereocenters. The summed E-state index contributed by atoms with van der Waals surface area (Å²) in [5, 5.41) is 9.61. The van der Waals surface area contributed by atoms with Gasteiger partial charge in [0.2, 0.25) is 5.91 Å². The Balaban J connectivity index is 1.31. The minimum absolute atomic E-state index is 0.0813. The second kappa shape index (κ2) is 11.9. The molecule has 0 aromatic heterocycles. The molecule has 2 aliphatic rings. The number of hydrogen-bond acceptors (Lipinski definition) is 4. The molecule has 30 heavy (non-hydrogen) atoms. The largest absolute Gasteiger partial charge is 0.373 e. The van der Waals surface area contributed by atoms with Gasteiger partial charge in [-0.05, 0) is 49.7 Å². The van der Waals surface area contributed by atoms with E-state index in [9.17, 15) is 4.79 Å². The highest BCUT2D eigenvalue weighted by atomic mass is 16.5. The minimum atomic E-state index is 0.0813. The van der Waals surface area contributed by atoms with Crippen molar-refractivity contribution in [2.45, 2.75) is 50.7 Å². The zero-order valence-electron chi connectivity index (χ0n) is 18.5. The molecule has 3 N–H and O–H groups in total. The van der Waals surface area contributed by atoms with Gasteiger partial charge in [-0.1, -0.05) is 24.3 Å². The SMILES string of the molecule is CN=C(NCCCOC1CCCc2ccccc21)NC1CCN(CC(=O)NC)CC1. The first-order valence-electron chi connectivity index (χ1n) is 11.3. The predicted octanol–water partition coefficient (Wildman–Crippen LogP) is 1.85. The van der Waals surface area contributed by atoms with Gasteiger partial charge in [0, 0.05) is 46.4 Å². The Morgan fingerprint density at radius 1 is 1.23 bits per heavy atom. The van der Waals surface area contributed by atoms with Crippen LogP contribution in [0.3, 0.4) is 0 Å². The van der Waals surface area contributed by atoms with E-state index in [0.717, 1.165) is 57.9 Å². The van der Waals surface area contributed by atoms with Gasteiger partial charge in [0.25, 0.3) is 0 Å². The van der Waals surface area contributed by atoms with Crippen LogP contribution in [-0.4, -0.2) is 69.7 Å². The highest BCUT2D eigenvalue weighted by molar-refractivity contribution is 5.80. The number of rotatable bonds is 8. The molecule has 3 rings (SSSR count). The molecule has 7 heteroatoms. The summed E-state index contributed by atoms with van der Waals surface area (Å²) in [6.45, 7) is 3.93. The average molecular weight is 416 g/mol. The summed E-state index contributed by atoms with van der Waals surface area (Å²) in [5.74, 6) is 0.931. The molecule has 1 amide bonds. The van der Waals surface area contributed by atoms with Gasteiger partial charge < -0.3 is 20.7 Å². The van der Waals surface area contributed by atoms with Gasteiger partial charge in [-0.25, -0.2) is 0 Å². The van der Waals surface area contributed by atoms with Crippen LogP contribution in [0.15, 0.2) is 29.3 Å². The van der Waals surface area contributed by atoms with E-state index in [1.165, 1.54) is 24.0 Å². The number of nitrogens with one attached hydrogen (secondary N) is 3. The van der Waals surface area contributed by atoms with Crippen LogP contribution in [0.25, 0.3) is 0 Å². The van der Waals surface area contributed by atoms with Gasteiger partial charge in [0.05, 0.1) is 12.6 Å². The molecule has 0 saturated carbocycles. The number of nitrogens with zero attached hydrogens (tertiary/aromatic N) is 2. The zero-order valence-corrected chi connectivity index (χ0v) is 18.5. The van der Waals surface area contributed by atoms with Gasteiger partial charge in [0.1, 0.15) is 0 Å². The lowest BCUT2D eigenvalue weighted by molar-refractivity contribution is -0.122. The second-order valence-corrected chi connectivity index (χ2v) is 8.17. The van der Waals surface area contributed by atoms with Crippen molar-refractivity contribution in [2.24, 2.45) is 4.99 Å². The van der Waals surface area contributed by atoms with Crippen LogP contribution in [0.4, 0.5) is 0 Å². The molecule has 1 heterocycles. The number of likely N-dealkylation sites (tertiary alicyclic amines) is 1. The van der Waals surface area contributed by atoms with E-state index >= 15 is 0 Å². The van der Waals surface area contributed by atoms with Crippen molar-refractivity contribution in [1.29, 1.82) is 0 Å². The first-order valence-corrected chi connectivity index (χ1v) is 11.3. The first kappa shape index (κ1) is 22.6. The number of aryl methyl sites for hydroxylation is 1. The fourth-order valence-corrected chi connectivity index (χ4v) is 4.29. The molecule has 1 aliphatic heterocycles. The number of amides is 1. The van der Waals surface area contributed by atoms with E-state index in [0.29, 0.717) is 12.6 Å². The van der Waals surface area contributed by atoms with Crippen molar-refractivity contribution in [3.05, 3.63) is 35.4 Å². The molecule has 1 fully saturated rings. The number of carbonyl (C=O) groups excluding carboxylic acids is 1. The first-order chi connectivity index (χ1) is 14.7. The van der Waals surface area contributed by atoms with Crippen LogP contribution in [0, 0.1) is 0 Å². The molecule has 1 aromatic rings. The van der Waals surface area contributed by atoms with Crippen molar-refractivity contribution in [2.75, 3.05) is 46.9 Å². The maximum absolute atomic E-state index is 11.5. The summed E-state index contributed by atoms with van der Waals surface area (Å²) in [6.07, 6.45) is 6.72. The normalized spacial score (nSPS) is 20.5. The van der Waals surface area contributed by atoms with Crippen molar-refractivity contribution in [3.8, 4) is 0 Å². The monoisotopic (exact) mass is 415 g/mol. The molecular weight excluding hydrogens is 378 g/mol. The van der Waals surface area contributed by atoms with E-state index in [4.69, 9.17) is 4.74 Å². The molecule has 1 aromatic carbocycles. The van der Waals surface area contributed by atoms with E-state index in [-0.39, 0.29) is 12.0 Å². The Morgan fingerprint density at radius 3 is 2.80 bits per heavy atom. The predicted molar refractivity (Wildman–Crippen MR) is 121 cm³/mol. The third-order valence-corrected chi connectivity index (χ3v) is 6.05. The van der Waals surface area contributed by atoms with Crippen LogP contribution < -0.4 is 16.0 Å². The summed E-state index contributed by atoms with van der Waals surface area (Å²) < 4.78 is 6.19. The van der Waals surface area contributed by atoms with Crippen LogP contribution in [0.1, 0.15) is 49.3 Å². The highest BCUT2D eigenvalue weighted by Gasteiger charge is 2.22. The third-order valence-electron chi connectivity index (χ3n) is 6.05. The van der Waals surface area contributed by atoms with Gasteiger partial charge >= 0.3 is 0 Å². The Bertz CT molecular complexity index is 701. The maximum atomic E-state index is 11.5. The second-order valence-electron chi connectivity index (χ2n) is 8.17. The van der Waals surface area contributed by atoms with Gasteiger partial charge in [0.15, 0.2) is 5.96 Å². The Morgan fingerprint density at radius 2 is 2.03 bits per heavy atom. The number of aliphatic imine (C=N–C) groups is 1. The lowest BCUT2D eigenvalue weighted by Crippen LogP contribution is -2.50. The minimum Gasteiger partial charge on any atom is -0.373 e. The molecule has 0 bridgehead atoms. The van der Waals surface area contributed by atoms with Gasteiger partial charge in [-0.2, -0.15) is 0 Å². The van der Waals surface area contributed by atoms with Crippen molar-refractivity contribution >= 4 is 11.9 Å². The summed E-state index contributed by atoms with van der Waals surface area (Å²) >= 11 is 0. The average Bonchev–Trinajstić information content (AvgIpc) is 2.79. The third kappa shape index (κ3) is 6.71. The Hall–Kier alpha value is -2.12. The number of carbonyl (C=O) groups is 1. The highest BCUT2D eigenvalue weighted by Crippen LogP contribution is 2.32. The summed E-state index contributed by atoms with van der Waals surface area (Å²) in [4.78, 5) is 18.1. The molecule has 166 valence electrons. The van der Waals surface area contributed by atoms with Crippen molar-refractivity contribution in [1.82, 2.24) is 20.9 Å². The van der Waals surface area contributed by atoms with Crippen LogP contribution in [0.2, 0.25) is 0 Å². The van der Waals surface area contributed by atoms with Gasteiger partial charge in [-0.3, -0.25) is 14.7 Å². The van der Waals surface area contributed by atoms with Gasteiger partial charge in [-0.15, -0.1) is 0 Å². The van der Waals surface area contributed by atoms with Crippen LogP contribution >= 0.6 is 0 Å². The molecule has 1 aliphatic carbocycles. The van der Waals surface area contributed by atoms with E-state index in [1.54, 1.807) is 7.05 Å². The number of guanidine groups is 1. The lowest BCUT2D eigenvalue weighted by Gasteiger charge is -2.32. The van der Waals surface area contributed by atoms with E-state index in [2.05, 4.69) is 50.1 Å². The number of likely N-dealkylation sites (N-methyl/N-ethyl adjacent to an activating group) is 1. The van der Waals surface area contributed by atoms with Crippen molar-refractivity contribution in [3.63, 3.8) is 0 Å². The molecule has 1 unspecified atom stereocenters. The quantitative estimate of drug-likeness (QED) is 0.343. The number of benzene rings is 1. The fourth-order valence-electron chi connectivity index (χ4n) is 4.29. The van der Waals surface area contributed by atoms with Crippen LogP contribution in [-0.2, 0) is 16.0 Å². The van der Waals surface area contributed by atoms with Crippen molar-refractivity contribution < 1.29 is 9.53 Å². The molecule has 7 nitrogen and oxygen atoms in total. The number of piperidine rings is 1. The maximum Gasteiger partial charge on any atom is 0.233 e. The smallest absolute Gasteiger partial charge is 0.233 e. The summed E-state index contributed by atoms with van der Waals surface area (Å²) in [7, 11) is 3.50. The lowest BCUT2D eigenvalue weighted by atomic mass is 9.89. The Labute approximate surface area is 180 Å². The molecule has 0 radical (unpaired) electrons. The molecule has 0 spiro atoms. The molecule has 1 saturated heterocycles.